The van der Waals surface area contributed by atoms with Gasteiger partial charge >= 0.3 is 0 Å². The molecule has 0 saturated carbocycles. The molecule has 4 heterocycles. The molecule has 0 saturated heterocycles. The fourth-order valence-corrected chi connectivity index (χ4v) is 2.25. The summed E-state index contributed by atoms with van der Waals surface area (Å²) in [5.74, 6) is 0.935. The summed E-state index contributed by atoms with van der Waals surface area (Å²) in [7, 11) is 0. The quantitative estimate of drug-likeness (QED) is 0.545. The van der Waals surface area contributed by atoms with E-state index in [-0.39, 0.29) is 0 Å². The second-order valence-electron chi connectivity index (χ2n) is 4.40. The number of aromatic nitrogens is 7. The SMILES string of the molecule is Cc1ccc(-c2nnc3ccnc(N)n23)c2ncnn12. The predicted octanol–water partition coefficient (Wildman–Crippen LogP) is 0.725. The molecule has 0 radical (unpaired) electrons. The second kappa shape index (κ2) is 3.73. The van der Waals surface area contributed by atoms with Crippen LogP contribution in [0.25, 0.3) is 22.7 Å². The number of hydrogen-bond donors (Lipinski definition) is 1. The van der Waals surface area contributed by atoms with Gasteiger partial charge in [0.2, 0.25) is 5.95 Å². The number of nitrogens with zero attached hydrogens (tertiary/aromatic N) is 7. The standard InChI is InChI=1S/C12H10N8/c1-7-2-3-8(10-15-6-16-20(7)10)11-18-17-9-4-5-14-12(13)19(9)11/h2-6H,1H3,(H2,13,14). The van der Waals surface area contributed by atoms with E-state index in [1.807, 2.05) is 19.1 Å². The Morgan fingerprint density at radius 2 is 2.00 bits per heavy atom. The first-order chi connectivity index (χ1) is 9.75. The van der Waals surface area contributed by atoms with Gasteiger partial charge in [-0.3, -0.25) is 0 Å². The molecule has 4 aromatic rings. The fraction of sp³-hybridized carbons (Fsp3) is 0.0833. The fourth-order valence-electron chi connectivity index (χ4n) is 2.25. The molecule has 0 aromatic carbocycles. The number of anilines is 1. The van der Waals surface area contributed by atoms with Gasteiger partial charge in [-0.15, -0.1) is 10.2 Å². The largest absolute Gasteiger partial charge is 0.369 e. The topological polar surface area (TPSA) is 99.3 Å². The molecule has 0 amide bonds. The third-order valence-corrected chi connectivity index (χ3v) is 3.20. The first-order valence-corrected chi connectivity index (χ1v) is 6.01. The van der Waals surface area contributed by atoms with E-state index in [0.29, 0.717) is 23.1 Å². The van der Waals surface area contributed by atoms with Crippen molar-refractivity contribution in [1.82, 2.24) is 34.2 Å². The maximum Gasteiger partial charge on any atom is 0.207 e. The molecule has 0 atom stereocenters. The summed E-state index contributed by atoms with van der Waals surface area (Å²) in [6, 6.07) is 5.63. The van der Waals surface area contributed by atoms with Gasteiger partial charge in [-0.1, -0.05) is 0 Å². The summed E-state index contributed by atoms with van der Waals surface area (Å²) in [6.45, 7) is 1.96. The van der Waals surface area contributed by atoms with Gasteiger partial charge in [-0.05, 0) is 19.1 Å². The van der Waals surface area contributed by atoms with E-state index in [0.717, 1.165) is 11.3 Å². The molecule has 8 heteroatoms. The molecule has 4 aromatic heterocycles. The molecular weight excluding hydrogens is 256 g/mol. The van der Waals surface area contributed by atoms with Crippen molar-refractivity contribution in [1.29, 1.82) is 0 Å². The van der Waals surface area contributed by atoms with E-state index in [1.54, 1.807) is 21.2 Å². The van der Waals surface area contributed by atoms with E-state index in [4.69, 9.17) is 5.73 Å². The van der Waals surface area contributed by atoms with E-state index in [9.17, 15) is 0 Å². The lowest BCUT2D eigenvalue weighted by molar-refractivity contribution is 0.913. The summed E-state index contributed by atoms with van der Waals surface area (Å²) in [5, 5.41) is 12.5. The Bertz CT molecular complexity index is 935. The number of nitrogen functional groups attached to an aromatic ring is 1. The van der Waals surface area contributed by atoms with Crippen molar-refractivity contribution in [3.05, 3.63) is 36.4 Å². The maximum atomic E-state index is 5.92. The van der Waals surface area contributed by atoms with Crippen molar-refractivity contribution in [3.8, 4) is 11.4 Å². The van der Waals surface area contributed by atoms with E-state index in [1.165, 1.54) is 6.33 Å². The molecule has 0 aliphatic rings. The molecule has 8 nitrogen and oxygen atoms in total. The van der Waals surface area contributed by atoms with Gasteiger partial charge in [0.25, 0.3) is 0 Å². The van der Waals surface area contributed by atoms with Crippen LogP contribution in [0.2, 0.25) is 0 Å². The highest BCUT2D eigenvalue weighted by Crippen LogP contribution is 2.24. The zero-order chi connectivity index (χ0) is 13.7. The van der Waals surface area contributed by atoms with Gasteiger partial charge in [0.15, 0.2) is 17.1 Å². The molecule has 0 aliphatic heterocycles. The van der Waals surface area contributed by atoms with Crippen molar-refractivity contribution in [2.45, 2.75) is 6.92 Å². The Kier molecular flexibility index (Phi) is 2.02. The average molecular weight is 266 g/mol. The van der Waals surface area contributed by atoms with Crippen LogP contribution in [-0.2, 0) is 0 Å². The number of aryl methyl sites for hydroxylation is 1. The van der Waals surface area contributed by atoms with E-state index < -0.39 is 0 Å². The average Bonchev–Trinajstić information content (AvgIpc) is 3.07. The minimum atomic E-state index is 0.334. The van der Waals surface area contributed by atoms with Gasteiger partial charge in [0.1, 0.15) is 6.33 Å². The van der Waals surface area contributed by atoms with Gasteiger partial charge < -0.3 is 5.73 Å². The molecule has 98 valence electrons. The number of fused-ring (bicyclic) bond motifs is 2. The highest BCUT2D eigenvalue weighted by Gasteiger charge is 2.15. The molecule has 2 N–H and O–H groups in total. The van der Waals surface area contributed by atoms with E-state index >= 15 is 0 Å². The van der Waals surface area contributed by atoms with Gasteiger partial charge in [0.05, 0.1) is 5.56 Å². The molecule has 0 aliphatic carbocycles. The lowest BCUT2D eigenvalue weighted by atomic mass is 10.2. The third kappa shape index (κ3) is 1.32. The summed E-state index contributed by atoms with van der Waals surface area (Å²) in [4.78, 5) is 8.35. The first-order valence-electron chi connectivity index (χ1n) is 6.01. The maximum absolute atomic E-state index is 5.92. The van der Waals surface area contributed by atoms with Crippen LogP contribution in [0.4, 0.5) is 5.95 Å². The lowest BCUT2D eigenvalue weighted by Crippen LogP contribution is -2.02. The number of rotatable bonds is 1. The van der Waals surface area contributed by atoms with Crippen molar-refractivity contribution in [2.75, 3.05) is 5.73 Å². The van der Waals surface area contributed by atoms with Crippen LogP contribution < -0.4 is 5.73 Å². The summed E-state index contributed by atoms with van der Waals surface area (Å²) >= 11 is 0. The number of nitrogens with two attached hydrogens (primary N) is 1. The summed E-state index contributed by atoms with van der Waals surface area (Å²) in [5.41, 5.74) is 9.07. The van der Waals surface area contributed by atoms with Crippen LogP contribution in [0.3, 0.4) is 0 Å². The second-order valence-corrected chi connectivity index (χ2v) is 4.40. The Morgan fingerprint density at radius 1 is 1.10 bits per heavy atom. The first kappa shape index (κ1) is 10.9. The molecule has 0 fully saturated rings. The van der Waals surface area contributed by atoms with Crippen LogP contribution in [0.5, 0.6) is 0 Å². The highest BCUT2D eigenvalue weighted by molar-refractivity contribution is 5.75. The summed E-state index contributed by atoms with van der Waals surface area (Å²) in [6.07, 6.45) is 3.11. The number of pyridine rings is 1. The lowest BCUT2D eigenvalue weighted by Gasteiger charge is -2.05. The van der Waals surface area contributed by atoms with Crippen molar-refractivity contribution in [3.63, 3.8) is 0 Å². The third-order valence-electron chi connectivity index (χ3n) is 3.20. The highest BCUT2D eigenvalue weighted by atomic mass is 15.3. The van der Waals surface area contributed by atoms with Crippen molar-refractivity contribution >= 4 is 17.2 Å². The van der Waals surface area contributed by atoms with Crippen LogP contribution >= 0.6 is 0 Å². The normalized spacial score (nSPS) is 11.4. The Labute approximate surface area is 112 Å². The molecule has 0 bridgehead atoms. The Hall–Kier alpha value is -3.03. The van der Waals surface area contributed by atoms with Crippen molar-refractivity contribution in [2.24, 2.45) is 0 Å². The minimum Gasteiger partial charge on any atom is -0.369 e. The van der Waals surface area contributed by atoms with Gasteiger partial charge in [-0.2, -0.15) is 5.10 Å². The smallest absolute Gasteiger partial charge is 0.207 e. The molecular formula is C12H10N8. The molecule has 20 heavy (non-hydrogen) atoms. The Balaban J connectivity index is 2.12. The monoisotopic (exact) mass is 266 g/mol. The van der Waals surface area contributed by atoms with Gasteiger partial charge in [-0.25, -0.2) is 18.9 Å². The van der Waals surface area contributed by atoms with Crippen molar-refractivity contribution < 1.29 is 0 Å². The zero-order valence-corrected chi connectivity index (χ0v) is 10.6. The zero-order valence-electron chi connectivity index (χ0n) is 10.6. The van der Waals surface area contributed by atoms with Crippen LogP contribution in [0, 0.1) is 6.92 Å². The molecule has 0 spiro atoms. The molecule has 4 rings (SSSR count). The number of hydrogen-bond acceptors (Lipinski definition) is 6. The van der Waals surface area contributed by atoms with Crippen LogP contribution in [0.15, 0.2) is 30.7 Å². The predicted molar refractivity (Wildman–Crippen MR) is 71.9 cm³/mol. The Morgan fingerprint density at radius 3 is 2.90 bits per heavy atom. The minimum absolute atomic E-state index is 0.334. The van der Waals surface area contributed by atoms with Crippen LogP contribution in [0.1, 0.15) is 5.69 Å². The van der Waals surface area contributed by atoms with Gasteiger partial charge in [0, 0.05) is 18.0 Å². The molecule has 0 unspecified atom stereocenters. The summed E-state index contributed by atoms with van der Waals surface area (Å²) < 4.78 is 3.45. The van der Waals surface area contributed by atoms with Crippen LogP contribution in [-0.4, -0.2) is 34.2 Å². The van der Waals surface area contributed by atoms with E-state index in [2.05, 4.69) is 25.3 Å².